The van der Waals surface area contributed by atoms with Gasteiger partial charge in [0.2, 0.25) is 0 Å². The molecule has 110 valence electrons. The van der Waals surface area contributed by atoms with Crippen LogP contribution < -0.4 is 0 Å². The van der Waals surface area contributed by atoms with Crippen LogP contribution in [0.2, 0.25) is 0 Å². The largest absolute Gasteiger partial charge is 0.358 e. The second-order valence-corrected chi connectivity index (χ2v) is 5.49. The molecule has 1 amide bonds. The number of nitrogens with zero attached hydrogens (tertiary/aromatic N) is 2. The topological polar surface area (TPSA) is 49.0 Å². The van der Waals surface area contributed by atoms with E-state index < -0.39 is 0 Å². The zero-order chi connectivity index (χ0) is 15.1. The van der Waals surface area contributed by atoms with Crippen molar-refractivity contribution in [3.05, 3.63) is 65.4 Å². The van der Waals surface area contributed by atoms with Gasteiger partial charge in [0.25, 0.3) is 5.91 Å². The number of pyridine rings is 1. The smallest absolute Gasteiger partial charge is 0.255 e. The summed E-state index contributed by atoms with van der Waals surface area (Å²) in [5, 5.41) is 0.860. The van der Waals surface area contributed by atoms with Gasteiger partial charge in [-0.15, -0.1) is 0 Å². The van der Waals surface area contributed by atoms with Crippen LogP contribution in [0.5, 0.6) is 0 Å². The molecule has 0 saturated carbocycles. The fraction of sp³-hybridized carbons (Fsp3) is 0.176. The molecule has 4 nitrogen and oxygen atoms in total. The van der Waals surface area contributed by atoms with Gasteiger partial charge in [-0.25, -0.2) is 4.39 Å². The summed E-state index contributed by atoms with van der Waals surface area (Å²) in [5.41, 5.74) is 3.60. The minimum Gasteiger partial charge on any atom is -0.358 e. The van der Waals surface area contributed by atoms with Crippen LogP contribution in [0.1, 0.15) is 21.6 Å². The SMILES string of the molecule is O=C(c1cccnc1)N1CCc2[nH]c3ccc(F)cc3c2C1. The average molecular weight is 295 g/mol. The first kappa shape index (κ1) is 13.0. The van der Waals surface area contributed by atoms with E-state index in [1.807, 2.05) is 0 Å². The van der Waals surface area contributed by atoms with Gasteiger partial charge in [0, 0.05) is 54.1 Å². The third-order valence-electron chi connectivity index (χ3n) is 4.13. The van der Waals surface area contributed by atoms with E-state index in [0.29, 0.717) is 18.7 Å². The Morgan fingerprint density at radius 1 is 1.32 bits per heavy atom. The van der Waals surface area contributed by atoms with Gasteiger partial charge in [0.15, 0.2) is 0 Å². The fourth-order valence-corrected chi connectivity index (χ4v) is 3.03. The van der Waals surface area contributed by atoms with E-state index >= 15 is 0 Å². The van der Waals surface area contributed by atoms with Gasteiger partial charge in [-0.2, -0.15) is 0 Å². The van der Waals surface area contributed by atoms with Gasteiger partial charge in [-0.1, -0.05) is 0 Å². The van der Waals surface area contributed by atoms with E-state index in [2.05, 4.69) is 9.97 Å². The van der Waals surface area contributed by atoms with Crippen molar-refractivity contribution in [2.75, 3.05) is 6.54 Å². The zero-order valence-electron chi connectivity index (χ0n) is 11.8. The Hall–Kier alpha value is -2.69. The lowest BCUT2D eigenvalue weighted by Gasteiger charge is -2.27. The maximum atomic E-state index is 13.5. The normalized spacial score (nSPS) is 14.1. The van der Waals surface area contributed by atoms with E-state index in [1.54, 1.807) is 35.5 Å². The third kappa shape index (κ3) is 2.06. The van der Waals surface area contributed by atoms with Crippen molar-refractivity contribution in [3.8, 4) is 0 Å². The lowest BCUT2D eigenvalue weighted by Crippen LogP contribution is -2.35. The Balaban J connectivity index is 1.70. The van der Waals surface area contributed by atoms with Crippen molar-refractivity contribution >= 4 is 16.8 Å². The lowest BCUT2D eigenvalue weighted by atomic mass is 10.0. The Bertz CT molecular complexity index is 857. The van der Waals surface area contributed by atoms with Crippen molar-refractivity contribution in [2.45, 2.75) is 13.0 Å². The second-order valence-electron chi connectivity index (χ2n) is 5.49. The van der Waals surface area contributed by atoms with Gasteiger partial charge in [-0.05, 0) is 30.3 Å². The highest BCUT2D eigenvalue weighted by molar-refractivity contribution is 5.94. The summed E-state index contributed by atoms with van der Waals surface area (Å²) in [6.07, 6.45) is 3.97. The summed E-state index contributed by atoms with van der Waals surface area (Å²) in [4.78, 5) is 21.6. The predicted molar refractivity (Wildman–Crippen MR) is 80.9 cm³/mol. The van der Waals surface area contributed by atoms with Crippen LogP contribution in [0, 0.1) is 5.82 Å². The molecule has 0 saturated heterocycles. The molecule has 0 fully saturated rings. The molecule has 1 aliphatic heterocycles. The molecule has 1 N–H and O–H groups in total. The van der Waals surface area contributed by atoms with Crippen LogP contribution in [0.4, 0.5) is 4.39 Å². The van der Waals surface area contributed by atoms with Gasteiger partial charge >= 0.3 is 0 Å². The highest BCUT2D eigenvalue weighted by Crippen LogP contribution is 2.28. The minimum absolute atomic E-state index is 0.0375. The predicted octanol–water partition coefficient (Wildman–Crippen LogP) is 2.90. The van der Waals surface area contributed by atoms with Crippen LogP contribution in [0.15, 0.2) is 42.7 Å². The summed E-state index contributed by atoms with van der Waals surface area (Å²) < 4.78 is 13.5. The van der Waals surface area contributed by atoms with E-state index in [-0.39, 0.29) is 11.7 Å². The quantitative estimate of drug-likeness (QED) is 0.750. The molecule has 2 aromatic heterocycles. The number of aromatic nitrogens is 2. The molecule has 3 heterocycles. The maximum absolute atomic E-state index is 13.5. The molecule has 0 unspecified atom stereocenters. The van der Waals surface area contributed by atoms with Crippen molar-refractivity contribution in [1.29, 1.82) is 0 Å². The molecule has 0 bridgehead atoms. The summed E-state index contributed by atoms with van der Waals surface area (Å²) in [6.45, 7) is 1.14. The van der Waals surface area contributed by atoms with Crippen molar-refractivity contribution in [1.82, 2.24) is 14.9 Å². The number of benzene rings is 1. The Labute approximate surface area is 126 Å². The number of aromatic amines is 1. The first-order valence-corrected chi connectivity index (χ1v) is 7.20. The zero-order valence-corrected chi connectivity index (χ0v) is 11.8. The molecular weight excluding hydrogens is 281 g/mol. The highest BCUT2D eigenvalue weighted by Gasteiger charge is 2.25. The van der Waals surface area contributed by atoms with Gasteiger partial charge in [0.05, 0.1) is 5.56 Å². The number of halogens is 1. The average Bonchev–Trinajstić information content (AvgIpc) is 2.92. The fourth-order valence-electron chi connectivity index (χ4n) is 3.03. The van der Waals surface area contributed by atoms with Gasteiger partial charge in [0.1, 0.15) is 5.82 Å². The summed E-state index contributed by atoms with van der Waals surface area (Å²) >= 11 is 0. The van der Waals surface area contributed by atoms with Crippen molar-refractivity contribution in [3.63, 3.8) is 0 Å². The molecule has 5 heteroatoms. The number of fused-ring (bicyclic) bond motifs is 3. The number of amides is 1. The molecular formula is C17H14FN3O. The van der Waals surface area contributed by atoms with Gasteiger partial charge < -0.3 is 9.88 Å². The maximum Gasteiger partial charge on any atom is 0.255 e. The van der Waals surface area contributed by atoms with Crippen LogP contribution in [-0.4, -0.2) is 27.3 Å². The molecule has 3 aromatic rings. The van der Waals surface area contributed by atoms with E-state index in [9.17, 15) is 9.18 Å². The molecule has 0 spiro atoms. The minimum atomic E-state index is -0.259. The number of carbonyl (C=O) groups excluding carboxylic acids is 1. The first-order valence-electron chi connectivity index (χ1n) is 7.20. The standard InChI is InChI=1S/C17H14FN3O/c18-12-3-4-15-13(8-12)14-10-21(7-5-16(14)20-15)17(22)11-2-1-6-19-9-11/h1-4,6,8-9,20H,5,7,10H2. The molecule has 0 aliphatic carbocycles. The first-order chi connectivity index (χ1) is 10.7. The number of nitrogens with one attached hydrogen (secondary N) is 1. The van der Waals surface area contributed by atoms with Crippen molar-refractivity contribution < 1.29 is 9.18 Å². The number of hydrogen-bond donors (Lipinski definition) is 1. The summed E-state index contributed by atoms with van der Waals surface area (Å²) in [5.74, 6) is -0.297. The number of rotatable bonds is 1. The molecule has 0 radical (unpaired) electrons. The van der Waals surface area contributed by atoms with E-state index in [4.69, 9.17) is 0 Å². The third-order valence-corrected chi connectivity index (χ3v) is 4.13. The molecule has 0 atom stereocenters. The number of H-pyrrole nitrogens is 1. The van der Waals surface area contributed by atoms with Crippen LogP contribution in [0.3, 0.4) is 0 Å². The lowest BCUT2D eigenvalue weighted by molar-refractivity contribution is 0.0734. The monoisotopic (exact) mass is 295 g/mol. The number of carbonyl (C=O) groups is 1. The number of hydrogen-bond acceptors (Lipinski definition) is 2. The molecule has 4 rings (SSSR count). The van der Waals surface area contributed by atoms with E-state index in [0.717, 1.165) is 28.6 Å². The Morgan fingerprint density at radius 2 is 2.23 bits per heavy atom. The van der Waals surface area contributed by atoms with Crippen LogP contribution >= 0.6 is 0 Å². The van der Waals surface area contributed by atoms with Crippen molar-refractivity contribution in [2.24, 2.45) is 0 Å². The highest BCUT2D eigenvalue weighted by atomic mass is 19.1. The Morgan fingerprint density at radius 3 is 3.05 bits per heavy atom. The molecule has 22 heavy (non-hydrogen) atoms. The molecule has 1 aliphatic rings. The van der Waals surface area contributed by atoms with Crippen LogP contribution in [-0.2, 0) is 13.0 Å². The summed E-state index contributed by atoms with van der Waals surface area (Å²) in [6, 6.07) is 8.24. The van der Waals surface area contributed by atoms with Crippen LogP contribution in [0.25, 0.3) is 10.9 Å². The summed E-state index contributed by atoms with van der Waals surface area (Å²) in [7, 11) is 0. The molecule has 1 aromatic carbocycles. The van der Waals surface area contributed by atoms with E-state index in [1.165, 1.54) is 12.1 Å². The Kier molecular flexibility index (Phi) is 2.92. The second kappa shape index (κ2) is 4.94. The van der Waals surface area contributed by atoms with Gasteiger partial charge in [-0.3, -0.25) is 9.78 Å².